The molecule has 1 saturated heterocycles. The highest BCUT2D eigenvalue weighted by molar-refractivity contribution is 7.87. The van der Waals surface area contributed by atoms with Gasteiger partial charge in [-0.15, -0.1) is 0 Å². The summed E-state index contributed by atoms with van der Waals surface area (Å²) in [7, 11) is -1.85. The van der Waals surface area contributed by atoms with Gasteiger partial charge in [0.1, 0.15) is 11.4 Å². The number of hydrogen-bond donors (Lipinski definition) is 3. The minimum Gasteiger partial charge on any atom is -0.497 e. The van der Waals surface area contributed by atoms with E-state index in [4.69, 9.17) is 4.74 Å². The van der Waals surface area contributed by atoms with Crippen LogP contribution < -0.4 is 20.5 Å². The number of aromatic amines is 1. The Morgan fingerprint density at radius 3 is 2.91 bits per heavy atom. The molecule has 180 valence electrons. The van der Waals surface area contributed by atoms with E-state index in [1.165, 1.54) is 8.87 Å². The van der Waals surface area contributed by atoms with Crippen LogP contribution in [-0.4, -0.2) is 65.5 Å². The van der Waals surface area contributed by atoms with Gasteiger partial charge in [0.15, 0.2) is 0 Å². The molecule has 0 aliphatic carbocycles. The smallest absolute Gasteiger partial charge is 0.330 e. The summed E-state index contributed by atoms with van der Waals surface area (Å²) in [5, 5.41) is 3.08. The number of H-pyrrole nitrogens is 1. The van der Waals surface area contributed by atoms with Crippen molar-refractivity contribution >= 4 is 22.4 Å². The lowest BCUT2D eigenvalue weighted by Gasteiger charge is -2.26. The molecule has 1 aromatic carbocycles. The van der Waals surface area contributed by atoms with Crippen molar-refractivity contribution in [3.63, 3.8) is 0 Å². The number of methoxy groups -OCH3 is 1. The van der Waals surface area contributed by atoms with Gasteiger partial charge in [-0.1, -0.05) is 18.2 Å². The fraction of sp³-hybridized carbons (Fsp3) is 0.318. The van der Waals surface area contributed by atoms with Crippen molar-refractivity contribution < 1.29 is 13.2 Å². The van der Waals surface area contributed by atoms with Crippen molar-refractivity contribution in [1.82, 2.24) is 28.5 Å². The molecule has 3 heterocycles. The highest BCUT2D eigenvalue weighted by atomic mass is 32.2. The molecule has 3 aromatic rings. The fourth-order valence-corrected chi connectivity index (χ4v) is 5.03. The Morgan fingerprint density at radius 1 is 1.29 bits per heavy atom. The van der Waals surface area contributed by atoms with E-state index in [0.29, 0.717) is 48.4 Å². The Hall–Kier alpha value is -3.48. The average Bonchev–Trinajstić information content (AvgIpc) is 3.16. The van der Waals surface area contributed by atoms with Crippen molar-refractivity contribution in [2.24, 2.45) is 0 Å². The van der Waals surface area contributed by atoms with Crippen LogP contribution in [0.2, 0.25) is 0 Å². The molecule has 0 spiro atoms. The first-order valence-corrected chi connectivity index (χ1v) is 12.3. The number of rotatable bonds is 8. The van der Waals surface area contributed by atoms with E-state index in [-0.39, 0.29) is 12.2 Å². The van der Waals surface area contributed by atoms with Crippen molar-refractivity contribution in [2.75, 3.05) is 38.6 Å². The summed E-state index contributed by atoms with van der Waals surface area (Å²) < 4.78 is 34.9. The second kappa shape index (κ2) is 10.2. The highest BCUT2D eigenvalue weighted by Crippen LogP contribution is 2.31. The molecule has 1 aliphatic rings. The normalized spacial score (nSPS) is 16.1. The SMILES string of the molecule is C/C=C\n1c(-c2ccnc(NCCN3CCCNS3(=O)=O)n2)c(-c2cccc(OC)c2)[nH]c1=O. The Morgan fingerprint density at radius 2 is 2.15 bits per heavy atom. The zero-order valence-electron chi connectivity index (χ0n) is 19.0. The third-order valence-electron chi connectivity index (χ3n) is 5.34. The average molecular weight is 486 g/mol. The lowest BCUT2D eigenvalue weighted by atomic mass is 10.1. The molecule has 4 rings (SSSR count). The first-order chi connectivity index (χ1) is 16.4. The number of aromatic nitrogens is 4. The van der Waals surface area contributed by atoms with E-state index in [1.54, 1.807) is 31.6 Å². The summed E-state index contributed by atoms with van der Waals surface area (Å²) in [5.74, 6) is 0.993. The van der Waals surface area contributed by atoms with E-state index in [9.17, 15) is 13.2 Å². The van der Waals surface area contributed by atoms with Gasteiger partial charge in [-0.25, -0.2) is 19.5 Å². The molecular formula is C22H27N7O4S. The molecule has 34 heavy (non-hydrogen) atoms. The molecular weight excluding hydrogens is 458 g/mol. The Balaban J connectivity index is 1.64. The number of ether oxygens (including phenoxy) is 1. The van der Waals surface area contributed by atoms with Crippen LogP contribution in [-0.2, 0) is 10.2 Å². The van der Waals surface area contributed by atoms with Crippen LogP contribution in [0.25, 0.3) is 28.8 Å². The molecule has 2 aromatic heterocycles. The number of hydrogen-bond acceptors (Lipinski definition) is 7. The predicted octanol–water partition coefficient (Wildman–Crippen LogP) is 1.75. The summed E-state index contributed by atoms with van der Waals surface area (Å²) >= 11 is 0. The van der Waals surface area contributed by atoms with Crippen LogP contribution in [0, 0.1) is 0 Å². The standard InChI is InChI=1S/C22H27N7O4S/c1-3-12-29-20(19(27-22(29)30)16-6-4-7-17(15-16)33-2)18-8-10-23-21(26-18)24-11-14-28-13-5-9-25-34(28,31)32/h3-4,6-8,10,12,15,25H,5,9,11,13-14H2,1-2H3,(H,27,30)(H,23,24,26)/b12-3-. The maximum absolute atomic E-state index is 12.7. The molecule has 0 amide bonds. The topological polar surface area (TPSA) is 134 Å². The lowest BCUT2D eigenvalue weighted by molar-refractivity contribution is 0.383. The minimum absolute atomic E-state index is 0.283. The van der Waals surface area contributed by atoms with Gasteiger partial charge in [-0.05, 0) is 31.5 Å². The first-order valence-electron chi connectivity index (χ1n) is 10.9. The van der Waals surface area contributed by atoms with Gasteiger partial charge >= 0.3 is 5.69 Å². The van der Waals surface area contributed by atoms with E-state index in [0.717, 1.165) is 12.0 Å². The van der Waals surface area contributed by atoms with Crippen molar-refractivity contribution in [3.05, 3.63) is 53.1 Å². The Bertz CT molecular complexity index is 1350. The summed E-state index contributed by atoms with van der Waals surface area (Å²) in [4.78, 5) is 24.5. The molecule has 0 unspecified atom stereocenters. The summed E-state index contributed by atoms with van der Waals surface area (Å²) in [6.07, 6.45) is 5.79. The quantitative estimate of drug-likeness (QED) is 0.442. The van der Waals surface area contributed by atoms with Crippen molar-refractivity contribution in [2.45, 2.75) is 13.3 Å². The minimum atomic E-state index is -3.44. The first kappa shape index (κ1) is 23.7. The molecule has 12 heteroatoms. The third-order valence-corrected chi connectivity index (χ3v) is 6.95. The largest absolute Gasteiger partial charge is 0.497 e. The maximum atomic E-state index is 12.7. The van der Waals surface area contributed by atoms with Gasteiger partial charge in [-0.3, -0.25) is 4.57 Å². The second-order valence-corrected chi connectivity index (χ2v) is 9.34. The van der Waals surface area contributed by atoms with Crippen LogP contribution in [0.5, 0.6) is 5.75 Å². The number of allylic oxidation sites excluding steroid dienone is 1. The second-order valence-electron chi connectivity index (χ2n) is 7.58. The van der Waals surface area contributed by atoms with E-state index in [2.05, 4.69) is 25.0 Å². The predicted molar refractivity (Wildman–Crippen MR) is 131 cm³/mol. The van der Waals surface area contributed by atoms with Gasteiger partial charge in [0, 0.05) is 44.1 Å². The monoisotopic (exact) mass is 485 g/mol. The van der Waals surface area contributed by atoms with Crippen LogP contribution in [0.4, 0.5) is 5.95 Å². The molecule has 1 fully saturated rings. The number of anilines is 1. The van der Waals surface area contributed by atoms with E-state index in [1.807, 2.05) is 31.2 Å². The molecule has 0 bridgehead atoms. The van der Waals surface area contributed by atoms with Gasteiger partial charge in [0.2, 0.25) is 5.95 Å². The van der Waals surface area contributed by atoms with Crippen LogP contribution in [0.1, 0.15) is 13.3 Å². The third kappa shape index (κ3) is 5.03. The highest BCUT2D eigenvalue weighted by Gasteiger charge is 2.24. The summed E-state index contributed by atoms with van der Waals surface area (Å²) in [6.45, 7) is 3.37. The van der Waals surface area contributed by atoms with Crippen LogP contribution >= 0.6 is 0 Å². The summed E-state index contributed by atoms with van der Waals surface area (Å²) in [5.41, 5.74) is 2.16. The van der Waals surface area contributed by atoms with Gasteiger partial charge < -0.3 is 15.0 Å². The zero-order chi connectivity index (χ0) is 24.1. The molecule has 1 aliphatic heterocycles. The van der Waals surface area contributed by atoms with Gasteiger partial charge in [0.25, 0.3) is 10.2 Å². The van der Waals surface area contributed by atoms with Crippen molar-refractivity contribution in [1.29, 1.82) is 0 Å². The van der Waals surface area contributed by atoms with Gasteiger partial charge in [-0.2, -0.15) is 12.7 Å². The zero-order valence-corrected chi connectivity index (χ0v) is 19.8. The molecule has 0 saturated carbocycles. The number of imidazole rings is 1. The van der Waals surface area contributed by atoms with Crippen LogP contribution in [0.15, 0.2) is 47.4 Å². The van der Waals surface area contributed by atoms with E-state index < -0.39 is 10.2 Å². The van der Waals surface area contributed by atoms with Gasteiger partial charge in [0.05, 0.1) is 18.5 Å². The molecule has 11 nitrogen and oxygen atoms in total. The lowest BCUT2D eigenvalue weighted by Crippen LogP contribution is -2.48. The molecule has 3 N–H and O–H groups in total. The van der Waals surface area contributed by atoms with Crippen molar-refractivity contribution in [3.8, 4) is 28.4 Å². The maximum Gasteiger partial charge on any atom is 0.330 e. The Labute approximate surface area is 197 Å². The Kier molecular flexibility index (Phi) is 7.10. The molecule has 0 atom stereocenters. The molecule has 0 radical (unpaired) electrons. The number of nitrogens with zero attached hydrogens (tertiary/aromatic N) is 4. The fourth-order valence-electron chi connectivity index (χ4n) is 3.75. The number of nitrogens with one attached hydrogen (secondary N) is 3. The number of benzene rings is 1. The summed E-state index contributed by atoms with van der Waals surface area (Å²) in [6, 6.07) is 9.11. The van der Waals surface area contributed by atoms with Crippen LogP contribution in [0.3, 0.4) is 0 Å². The van der Waals surface area contributed by atoms with E-state index >= 15 is 0 Å².